The summed E-state index contributed by atoms with van der Waals surface area (Å²) >= 11 is 0. The zero-order valence-electron chi connectivity index (χ0n) is 12.1. The number of likely N-dealkylation sites (N-methyl/N-ethyl adjacent to an activating group) is 1. The molecule has 0 saturated heterocycles. The molecule has 0 aliphatic rings. The van der Waals surface area contributed by atoms with Crippen molar-refractivity contribution in [3.63, 3.8) is 0 Å². The number of nitrogens with one attached hydrogen (secondary N) is 1. The van der Waals surface area contributed by atoms with Gasteiger partial charge in [-0.25, -0.2) is 0 Å². The minimum absolute atomic E-state index is 0.142. The summed E-state index contributed by atoms with van der Waals surface area (Å²) in [6, 6.07) is 6.31. The van der Waals surface area contributed by atoms with Crippen LogP contribution in [0, 0.1) is 6.92 Å². The monoisotopic (exact) mass is 264 g/mol. The van der Waals surface area contributed by atoms with E-state index in [-0.39, 0.29) is 5.84 Å². The van der Waals surface area contributed by atoms with Crippen LogP contribution >= 0.6 is 0 Å². The maximum atomic E-state index is 8.65. The lowest BCUT2D eigenvalue weighted by atomic mass is 10.0. The van der Waals surface area contributed by atoms with Crippen molar-refractivity contribution in [1.82, 2.24) is 10.2 Å². The molecule has 0 bridgehead atoms. The van der Waals surface area contributed by atoms with Crippen molar-refractivity contribution >= 4 is 5.84 Å². The van der Waals surface area contributed by atoms with Crippen molar-refractivity contribution in [1.29, 1.82) is 0 Å². The molecule has 1 unspecified atom stereocenters. The van der Waals surface area contributed by atoms with E-state index in [9.17, 15) is 0 Å². The molecule has 0 amide bonds. The van der Waals surface area contributed by atoms with E-state index in [1.165, 1.54) is 5.56 Å². The fourth-order valence-corrected chi connectivity index (χ4v) is 1.71. The third-order valence-electron chi connectivity index (χ3n) is 3.38. The molecule has 0 heterocycles. The van der Waals surface area contributed by atoms with Gasteiger partial charge in [-0.15, -0.1) is 0 Å². The van der Waals surface area contributed by atoms with Gasteiger partial charge in [0.25, 0.3) is 0 Å². The summed E-state index contributed by atoms with van der Waals surface area (Å²) in [6.07, 6.45) is 0. The van der Waals surface area contributed by atoms with E-state index < -0.39 is 0 Å². The summed E-state index contributed by atoms with van der Waals surface area (Å²) in [5.41, 5.74) is 8.66. The molecule has 0 aliphatic carbocycles. The highest BCUT2D eigenvalue weighted by atomic mass is 16.4. The Morgan fingerprint density at radius 3 is 2.68 bits per heavy atom. The van der Waals surface area contributed by atoms with Gasteiger partial charge in [-0.3, -0.25) is 0 Å². The summed E-state index contributed by atoms with van der Waals surface area (Å²) in [5, 5.41) is 15.1. The molecule has 0 saturated carbocycles. The number of oxime groups is 1. The quantitative estimate of drug-likeness (QED) is 0.312. The lowest BCUT2D eigenvalue weighted by molar-refractivity contribution is 0.302. The lowest BCUT2D eigenvalue weighted by Crippen LogP contribution is -2.35. The Balaban J connectivity index is 2.61. The van der Waals surface area contributed by atoms with Gasteiger partial charge in [0.05, 0.1) is 0 Å². The Morgan fingerprint density at radius 2 is 2.16 bits per heavy atom. The molecule has 1 rings (SSSR count). The van der Waals surface area contributed by atoms with E-state index in [0.29, 0.717) is 6.04 Å². The summed E-state index contributed by atoms with van der Waals surface area (Å²) in [5.74, 6) is 0.142. The predicted molar refractivity (Wildman–Crippen MR) is 78.5 cm³/mol. The van der Waals surface area contributed by atoms with Crippen molar-refractivity contribution < 1.29 is 5.21 Å². The molecule has 0 spiro atoms. The second-order valence-electron chi connectivity index (χ2n) is 5.07. The van der Waals surface area contributed by atoms with Crippen LogP contribution < -0.4 is 11.1 Å². The SMILES string of the molecule is Cc1cc(/C(N)=N/O)ccc1CNCC(C)N(C)C. The van der Waals surface area contributed by atoms with Crippen LogP contribution in [-0.4, -0.2) is 42.6 Å². The summed E-state index contributed by atoms with van der Waals surface area (Å²) in [6.45, 7) is 5.97. The predicted octanol–water partition coefficient (Wildman–Crippen LogP) is 1.13. The molecule has 106 valence electrons. The number of hydrogen-bond acceptors (Lipinski definition) is 4. The number of amidine groups is 1. The van der Waals surface area contributed by atoms with E-state index in [1.54, 1.807) is 0 Å². The number of nitrogens with zero attached hydrogens (tertiary/aromatic N) is 2. The first-order valence-electron chi connectivity index (χ1n) is 6.40. The highest BCUT2D eigenvalue weighted by molar-refractivity contribution is 5.97. The zero-order chi connectivity index (χ0) is 14.4. The van der Waals surface area contributed by atoms with Crippen LogP contribution in [0.15, 0.2) is 23.4 Å². The van der Waals surface area contributed by atoms with Crippen LogP contribution in [0.25, 0.3) is 0 Å². The Labute approximate surface area is 115 Å². The average Bonchev–Trinajstić information content (AvgIpc) is 2.39. The maximum absolute atomic E-state index is 8.65. The summed E-state index contributed by atoms with van der Waals surface area (Å²) < 4.78 is 0. The first kappa shape index (κ1) is 15.5. The Kier molecular flexibility index (Phi) is 5.79. The second-order valence-corrected chi connectivity index (χ2v) is 5.07. The van der Waals surface area contributed by atoms with Crippen molar-refractivity contribution in [2.75, 3.05) is 20.6 Å². The molecular formula is C14H24N4O. The Bertz CT molecular complexity index is 443. The van der Waals surface area contributed by atoms with Crippen molar-refractivity contribution in [2.45, 2.75) is 26.4 Å². The largest absolute Gasteiger partial charge is 0.409 e. The van der Waals surface area contributed by atoms with Crippen LogP contribution in [0.5, 0.6) is 0 Å². The molecule has 1 aromatic rings. The third-order valence-corrected chi connectivity index (χ3v) is 3.38. The fraction of sp³-hybridized carbons (Fsp3) is 0.500. The molecule has 4 N–H and O–H groups in total. The van der Waals surface area contributed by atoms with Crippen molar-refractivity contribution in [3.05, 3.63) is 34.9 Å². The summed E-state index contributed by atoms with van der Waals surface area (Å²) in [4.78, 5) is 2.18. The molecular weight excluding hydrogens is 240 g/mol. The van der Waals surface area contributed by atoms with Gasteiger partial charge in [0.1, 0.15) is 0 Å². The van der Waals surface area contributed by atoms with Crippen LogP contribution in [0.1, 0.15) is 23.6 Å². The van der Waals surface area contributed by atoms with E-state index in [2.05, 4.69) is 36.4 Å². The van der Waals surface area contributed by atoms with Crippen molar-refractivity contribution in [2.24, 2.45) is 10.9 Å². The van der Waals surface area contributed by atoms with Gasteiger partial charge in [-0.1, -0.05) is 17.3 Å². The molecule has 19 heavy (non-hydrogen) atoms. The smallest absolute Gasteiger partial charge is 0.170 e. The van der Waals surface area contributed by atoms with Gasteiger partial charge in [0.2, 0.25) is 0 Å². The van der Waals surface area contributed by atoms with E-state index >= 15 is 0 Å². The number of aryl methyl sites for hydroxylation is 1. The molecule has 1 atom stereocenters. The highest BCUT2D eigenvalue weighted by Crippen LogP contribution is 2.11. The molecule has 1 aromatic carbocycles. The number of benzene rings is 1. The maximum Gasteiger partial charge on any atom is 0.170 e. The summed E-state index contributed by atoms with van der Waals surface area (Å²) in [7, 11) is 4.15. The van der Waals surface area contributed by atoms with Crippen LogP contribution in [-0.2, 0) is 6.54 Å². The molecule has 0 aliphatic heterocycles. The van der Waals surface area contributed by atoms with Gasteiger partial charge in [-0.05, 0) is 45.1 Å². The zero-order valence-corrected chi connectivity index (χ0v) is 12.1. The first-order valence-corrected chi connectivity index (χ1v) is 6.40. The second kappa shape index (κ2) is 7.11. The molecule has 5 nitrogen and oxygen atoms in total. The van der Waals surface area contributed by atoms with E-state index in [4.69, 9.17) is 10.9 Å². The Morgan fingerprint density at radius 1 is 1.47 bits per heavy atom. The number of hydrogen-bond donors (Lipinski definition) is 3. The van der Waals surface area contributed by atoms with Crippen LogP contribution in [0.2, 0.25) is 0 Å². The molecule has 0 radical (unpaired) electrons. The minimum atomic E-state index is 0.142. The van der Waals surface area contributed by atoms with Crippen LogP contribution in [0.3, 0.4) is 0 Å². The normalized spacial score (nSPS) is 13.8. The van der Waals surface area contributed by atoms with Gasteiger partial charge in [-0.2, -0.15) is 0 Å². The highest BCUT2D eigenvalue weighted by Gasteiger charge is 2.06. The van der Waals surface area contributed by atoms with Crippen molar-refractivity contribution in [3.8, 4) is 0 Å². The Hall–Kier alpha value is -1.59. The average molecular weight is 264 g/mol. The van der Waals surface area contributed by atoms with Gasteiger partial charge in [0, 0.05) is 24.7 Å². The first-order chi connectivity index (χ1) is 8.95. The fourth-order valence-electron chi connectivity index (χ4n) is 1.71. The van der Waals surface area contributed by atoms with Gasteiger partial charge < -0.3 is 21.2 Å². The minimum Gasteiger partial charge on any atom is -0.409 e. The van der Waals surface area contributed by atoms with Gasteiger partial charge in [0.15, 0.2) is 5.84 Å². The number of rotatable bonds is 6. The lowest BCUT2D eigenvalue weighted by Gasteiger charge is -2.20. The molecule has 5 heteroatoms. The third kappa shape index (κ3) is 4.54. The van der Waals surface area contributed by atoms with E-state index in [1.807, 2.05) is 25.1 Å². The molecule has 0 aromatic heterocycles. The van der Waals surface area contributed by atoms with Gasteiger partial charge >= 0.3 is 0 Å². The molecule has 0 fully saturated rings. The van der Waals surface area contributed by atoms with E-state index in [0.717, 1.165) is 24.2 Å². The standard InChI is InChI=1S/C14H24N4O/c1-10-7-12(14(15)17-19)5-6-13(10)9-16-8-11(2)18(3)4/h5-7,11,16,19H,8-9H2,1-4H3,(H2,15,17). The number of nitrogens with two attached hydrogens (primary N) is 1. The van der Waals surface area contributed by atoms with Crippen LogP contribution in [0.4, 0.5) is 0 Å². The topological polar surface area (TPSA) is 73.9 Å².